The number of nitrogens with one attached hydrogen (secondary N) is 2. The molecule has 3 amide bonds. The Hall–Kier alpha value is -2.16. The molecule has 0 atom stereocenters. The molecule has 0 bridgehead atoms. The molecule has 184 valence electrons. The first-order valence-electron chi connectivity index (χ1n) is 11.5. The molecule has 1 aliphatic rings. The number of carbonyl (C=O) groups is 3. The number of amides is 3. The highest BCUT2D eigenvalue weighted by molar-refractivity contribution is 7.13. The van der Waals surface area contributed by atoms with Crippen LogP contribution in [0.15, 0.2) is 23.6 Å². The first-order chi connectivity index (χ1) is 16.2. The Morgan fingerprint density at radius 2 is 1.85 bits per heavy atom. The lowest BCUT2D eigenvalue weighted by Crippen LogP contribution is -2.40. The van der Waals surface area contributed by atoms with Crippen LogP contribution in [-0.4, -0.2) is 46.7 Å². The summed E-state index contributed by atoms with van der Waals surface area (Å²) in [5, 5.41) is 8.62. The van der Waals surface area contributed by atoms with E-state index in [1.807, 2.05) is 13.8 Å². The molecule has 0 aliphatic heterocycles. The van der Waals surface area contributed by atoms with Crippen LogP contribution in [0.2, 0.25) is 10.0 Å². The second-order valence-corrected chi connectivity index (χ2v) is 10.7. The quantitative estimate of drug-likeness (QED) is 0.472. The van der Waals surface area contributed by atoms with Gasteiger partial charge in [0.25, 0.3) is 5.91 Å². The highest BCUT2D eigenvalue weighted by Gasteiger charge is 2.22. The van der Waals surface area contributed by atoms with Gasteiger partial charge in [0, 0.05) is 23.5 Å². The lowest BCUT2D eigenvalue weighted by atomic mass is 9.95. The van der Waals surface area contributed by atoms with Crippen LogP contribution in [0.1, 0.15) is 62.0 Å². The number of carbonyl (C=O) groups excluding carboxylic acids is 3. The van der Waals surface area contributed by atoms with E-state index in [1.165, 1.54) is 28.7 Å². The van der Waals surface area contributed by atoms with E-state index in [0.29, 0.717) is 28.0 Å². The fourth-order valence-electron chi connectivity index (χ4n) is 3.94. The second kappa shape index (κ2) is 12.5. The minimum Gasteiger partial charge on any atom is -0.353 e. The molecule has 10 heteroatoms. The number of halogens is 2. The van der Waals surface area contributed by atoms with Crippen LogP contribution in [0.4, 0.5) is 5.13 Å². The maximum atomic E-state index is 13.0. The van der Waals surface area contributed by atoms with Crippen molar-refractivity contribution in [2.24, 2.45) is 5.92 Å². The zero-order chi connectivity index (χ0) is 24.7. The van der Waals surface area contributed by atoms with Gasteiger partial charge >= 0.3 is 0 Å². The molecule has 3 rings (SSSR count). The number of benzene rings is 1. The number of nitrogens with zero attached hydrogens (tertiary/aromatic N) is 2. The van der Waals surface area contributed by atoms with Crippen LogP contribution < -0.4 is 10.6 Å². The summed E-state index contributed by atoms with van der Waals surface area (Å²) < 4.78 is 0. The predicted molar refractivity (Wildman–Crippen MR) is 137 cm³/mol. The molecule has 0 unspecified atom stereocenters. The molecule has 1 aromatic heterocycles. The third kappa shape index (κ3) is 7.96. The van der Waals surface area contributed by atoms with Gasteiger partial charge in [-0.2, -0.15) is 0 Å². The van der Waals surface area contributed by atoms with Crippen molar-refractivity contribution < 1.29 is 14.4 Å². The number of thiazole rings is 1. The minimum atomic E-state index is -0.360. The van der Waals surface area contributed by atoms with Crippen LogP contribution in [0.5, 0.6) is 0 Å². The van der Waals surface area contributed by atoms with Gasteiger partial charge in [-0.05, 0) is 37.0 Å². The summed E-state index contributed by atoms with van der Waals surface area (Å²) in [6.07, 6.45) is 5.77. The number of hydrogen-bond acceptors (Lipinski definition) is 5. The van der Waals surface area contributed by atoms with E-state index in [9.17, 15) is 14.4 Å². The molecular weight excluding hydrogens is 495 g/mol. The van der Waals surface area contributed by atoms with Crippen LogP contribution in [-0.2, 0) is 16.0 Å². The Labute approximate surface area is 214 Å². The molecule has 2 aromatic rings. The summed E-state index contributed by atoms with van der Waals surface area (Å²) in [5.74, 6) is -0.553. The van der Waals surface area contributed by atoms with Crippen LogP contribution in [0, 0.1) is 5.92 Å². The van der Waals surface area contributed by atoms with E-state index in [4.69, 9.17) is 23.2 Å². The predicted octanol–water partition coefficient (Wildman–Crippen LogP) is 5.18. The van der Waals surface area contributed by atoms with Crippen molar-refractivity contribution >= 4 is 57.4 Å². The van der Waals surface area contributed by atoms with Gasteiger partial charge in [0.05, 0.1) is 22.2 Å². The largest absolute Gasteiger partial charge is 0.353 e. The Morgan fingerprint density at radius 3 is 2.53 bits per heavy atom. The van der Waals surface area contributed by atoms with Gasteiger partial charge in [0.15, 0.2) is 5.13 Å². The van der Waals surface area contributed by atoms with E-state index < -0.39 is 0 Å². The summed E-state index contributed by atoms with van der Waals surface area (Å²) in [7, 11) is 0. The van der Waals surface area contributed by atoms with Gasteiger partial charge in [-0.3, -0.25) is 14.4 Å². The standard InChI is InChI=1S/C24H30Cl2N4O3S/c1-15(2)12-30(23(33)16-8-9-19(25)20(26)10-16)13-22(32)29-24-28-18(14-34-24)11-21(31)27-17-6-4-3-5-7-17/h8-10,14-15,17H,3-7,11-13H2,1-2H3,(H,27,31)(H,28,29,32). The first-order valence-corrected chi connectivity index (χ1v) is 13.1. The van der Waals surface area contributed by atoms with Crippen molar-refractivity contribution in [3.05, 3.63) is 44.9 Å². The maximum absolute atomic E-state index is 13.0. The van der Waals surface area contributed by atoms with Crippen molar-refractivity contribution in [2.75, 3.05) is 18.4 Å². The topological polar surface area (TPSA) is 91.4 Å². The van der Waals surface area contributed by atoms with Crippen molar-refractivity contribution in [3.63, 3.8) is 0 Å². The molecular formula is C24H30Cl2N4O3S. The lowest BCUT2D eigenvalue weighted by molar-refractivity contribution is -0.121. The number of hydrogen-bond donors (Lipinski definition) is 2. The summed E-state index contributed by atoms with van der Waals surface area (Å²) in [5.41, 5.74) is 0.975. The number of rotatable bonds is 9. The minimum absolute atomic E-state index is 0.0505. The van der Waals surface area contributed by atoms with Crippen molar-refractivity contribution in [2.45, 2.75) is 58.4 Å². The second-order valence-electron chi connectivity index (χ2n) is 8.98. The molecule has 1 saturated carbocycles. The average molecular weight is 526 g/mol. The van der Waals surface area contributed by atoms with Gasteiger partial charge in [0.2, 0.25) is 11.8 Å². The molecule has 1 aromatic carbocycles. The highest BCUT2D eigenvalue weighted by Crippen LogP contribution is 2.24. The Bertz CT molecular complexity index is 1020. The monoisotopic (exact) mass is 524 g/mol. The Balaban J connectivity index is 1.56. The van der Waals surface area contributed by atoms with E-state index in [1.54, 1.807) is 17.5 Å². The van der Waals surface area contributed by atoms with Gasteiger partial charge in [-0.1, -0.05) is 56.3 Å². The number of aromatic nitrogens is 1. The van der Waals surface area contributed by atoms with Crippen LogP contribution in [0.25, 0.3) is 0 Å². The van der Waals surface area contributed by atoms with E-state index in [2.05, 4.69) is 15.6 Å². The van der Waals surface area contributed by atoms with Crippen molar-refractivity contribution in [1.29, 1.82) is 0 Å². The summed E-state index contributed by atoms with van der Waals surface area (Å²) in [4.78, 5) is 43.9. The molecule has 34 heavy (non-hydrogen) atoms. The van der Waals surface area contributed by atoms with E-state index in [0.717, 1.165) is 25.7 Å². The van der Waals surface area contributed by atoms with E-state index >= 15 is 0 Å². The third-order valence-corrected chi connectivity index (χ3v) is 7.03. The maximum Gasteiger partial charge on any atom is 0.254 e. The number of anilines is 1. The summed E-state index contributed by atoms with van der Waals surface area (Å²) in [6, 6.07) is 4.90. The zero-order valence-electron chi connectivity index (χ0n) is 19.4. The molecule has 0 spiro atoms. The molecule has 0 saturated heterocycles. The van der Waals surface area contributed by atoms with Gasteiger partial charge in [-0.15, -0.1) is 11.3 Å². The fourth-order valence-corrected chi connectivity index (χ4v) is 4.96. The van der Waals surface area contributed by atoms with Crippen LogP contribution in [0.3, 0.4) is 0 Å². The fraction of sp³-hybridized carbons (Fsp3) is 0.500. The molecule has 1 fully saturated rings. The molecule has 0 radical (unpaired) electrons. The Morgan fingerprint density at radius 1 is 1.12 bits per heavy atom. The molecule has 1 aliphatic carbocycles. The third-order valence-electron chi connectivity index (χ3n) is 5.48. The van der Waals surface area contributed by atoms with E-state index in [-0.39, 0.29) is 47.7 Å². The zero-order valence-corrected chi connectivity index (χ0v) is 21.7. The highest BCUT2D eigenvalue weighted by atomic mass is 35.5. The first kappa shape index (κ1) is 26.4. The van der Waals surface area contributed by atoms with Gasteiger partial charge in [0.1, 0.15) is 6.54 Å². The smallest absolute Gasteiger partial charge is 0.254 e. The Kier molecular flexibility index (Phi) is 9.74. The summed E-state index contributed by atoms with van der Waals surface area (Å²) >= 11 is 13.3. The van der Waals surface area contributed by atoms with Crippen LogP contribution >= 0.6 is 34.5 Å². The normalized spacial score (nSPS) is 14.1. The molecule has 2 N–H and O–H groups in total. The van der Waals surface area contributed by atoms with Gasteiger partial charge < -0.3 is 15.5 Å². The lowest BCUT2D eigenvalue weighted by Gasteiger charge is -2.24. The molecule has 7 nitrogen and oxygen atoms in total. The molecule has 1 heterocycles. The van der Waals surface area contributed by atoms with Crippen molar-refractivity contribution in [3.8, 4) is 0 Å². The summed E-state index contributed by atoms with van der Waals surface area (Å²) in [6.45, 7) is 4.21. The SMILES string of the molecule is CC(C)CN(CC(=O)Nc1nc(CC(=O)NC2CCCCC2)cs1)C(=O)c1ccc(Cl)c(Cl)c1. The van der Waals surface area contributed by atoms with Crippen molar-refractivity contribution in [1.82, 2.24) is 15.2 Å². The average Bonchev–Trinajstić information content (AvgIpc) is 3.21. The van der Waals surface area contributed by atoms with Gasteiger partial charge in [-0.25, -0.2) is 4.98 Å².